The van der Waals surface area contributed by atoms with Crippen LogP contribution in [0, 0.1) is 11.3 Å². The second-order valence-electron chi connectivity index (χ2n) is 4.60. The van der Waals surface area contributed by atoms with Crippen LogP contribution in [0.2, 0.25) is 0 Å². The first-order valence-electron chi connectivity index (χ1n) is 6.53. The van der Waals surface area contributed by atoms with Crippen LogP contribution in [-0.4, -0.2) is 0 Å². The number of hydrogen-bond donors (Lipinski definition) is 0. The molecule has 94 valence electrons. The average molecular weight is 255 g/mol. The van der Waals surface area contributed by atoms with Crippen molar-refractivity contribution < 1.29 is 0 Å². The lowest BCUT2D eigenvalue weighted by Crippen LogP contribution is -1.83. The molecule has 1 nitrogen and oxygen atoms in total. The fourth-order valence-corrected chi connectivity index (χ4v) is 2.33. The zero-order valence-corrected chi connectivity index (χ0v) is 11.0. The van der Waals surface area contributed by atoms with Crippen LogP contribution in [0.4, 0.5) is 0 Å². The summed E-state index contributed by atoms with van der Waals surface area (Å²) >= 11 is 0. The van der Waals surface area contributed by atoms with Gasteiger partial charge in [0.2, 0.25) is 0 Å². The van der Waals surface area contributed by atoms with Crippen LogP contribution in [0.3, 0.4) is 0 Å². The van der Waals surface area contributed by atoms with Crippen molar-refractivity contribution >= 4 is 22.4 Å². The summed E-state index contributed by atoms with van der Waals surface area (Å²) in [6.45, 7) is 0. The van der Waals surface area contributed by atoms with Gasteiger partial charge in [0.15, 0.2) is 0 Å². The van der Waals surface area contributed by atoms with E-state index in [1.54, 1.807) is 0 Å². The molecule has 0 bridgehead atoms. The summed E-state index contributed by atoms with van der Waals surface area (Å²) in [4.78, 5) is 0. The minimum Gasteiger partial charge on any atom is -0.192 e. The molecule has 0 spiro atoms. The van der Waals surface area contributed by atoms with Crippen LogP contribution in [0.1, 0.15) is 11.1 Å². The topological polar surface area (TPSA) is 23.8 Å². The summed E-state index contributed by atoms with van der Waals surface area (Å²) in [5.74, 6) is 0. The van der Waals surface area contributed by atoms with Crippen LogP contribution in [0.25, 0.3) is 22.4 Å². The summed E-state index contributed by atoms with van der Waals surface area (Å²) in [7, 11) is 0. The second-order valence-corrected chi connectivity index (χ2v) is 4.60. The molecule has 3 aromatic carbocycles. The molecule has 0 atom stereocenters. The highest BCUT2D eigenvalue weighted by Gasteiger charge is 2.02. The Morgan fingerprint density at radius 1 is 0.800 bits per heavy atom. The molecule has 0 radical (unpaired) electrons. The van der Waals surface area contributed by atoms with E-state index in [1.807, 2.05) is 60.7 Å². The minimum absolute atomic E-state index is 0.682. The van der Waals surface area contributed by atoms with E-state index >= 15 is 0 Å². The Hall–Kier alpha value is -2.85. The van der Waals surface area contributed by atoms with Gasteiger partial charge in [0.1, 0.15) is 0 Å². The maximum Gasteiger partial charge on any atom is 0.0998 e. The maximum atomic E-state index is 9.39. The molecular formula is C19H13N. The number of nitrogens with zero attached hydrogens (tertiary/aromatic N) is 1. The van der Waals surface area contributed by atoms with Crippen molar-refractivity contribution in [3.63, 3.8) is 0 Å². The van der Waals surface area contributed by atoms with Crippen molar-refractivity contribution in [2.24, 2.45) is 0 Å². The zero-order valence-electron chi connectivity index (χ0n) is 11.0. The third-order valence-electron chi connectivity index (χ3n) is 3.33. The summed E-state index contributed by atoms with van der Waals surface area (Å²) in [5, 5.41) is 11.7. The van der Waals surface area contributed by atoms with E-state index < -0.39 is 0 Å². The van der Waals surface area contributed by atoms with Gasteiger partial charge in [-0.15, -0.1) is 0 Å². The fraction of sp³-hybridized carbons (Fsp3) is 0. The van der Waals surface area contributed by atoms with E-state index in [2.05, 4.69) is 24.3 Å². The first-order valence-corrected chi connectivity index (χ1v) is 6.53. The lowest BCUT2D eigenvalue weighted by molar-refractivity contribution is 1.52. The van der Waals surface area contributed by atoms with Crippen LogP contribution >= 0.6 is 0 Å². The number of allylic oxidation sites excluding steroid dienone is 1. The minimum atomic E-state index is 0.682. The molecule has 0 aliphatic carbocycles. The van der Waals surface area contributed by atoms with Crippen molar-refractivity contribution in [1.29, 1.82) is 5.26 Å². The number of nitriles is 1. The molecule has 20 heavy (non-hydrogen) atoms. The van der Waals surface area contributed by atoms with Crippen LogP contribution in [0.15, 0.2) is 72.8 Å². The molecule has 0 aromatic heterocycles. The van der Waals surface area contributed by atoms with E-state index in [1.165, 1.54) is 10.8 Å². The summed E-state index contributed by atoms with van der Waals surface area (Å²) < 4.78 is 0. The Bertz CT molecular complexity index is 803. The number of rotatable bonds is 2. The molecule has 0 aliphatic rings. The van der Waals surface area contributed by atoms with E-state index in [4.69, 9.17) is 0 Å². The highest BCUT2D eigenvalue weighted by atomic mass is 14.2. The quantitative estimate of drug-likeness (QED) is 0.471. The van der Waals surface area contributed by atoms with Gasteiger partial charge in [0.25, 0.3) is 0 Å². The van der Waals surface area contributed by atoms with Gasteiger partial charge in [-0.25, -0.2) is 0 Å². The molecule has 3 rings (SSSR count). The molecule has 0 unspecified atom stereocenters. The highest BCUT2D eigenvalue weighted by Crippen LogP contribution is 2.23. The fourth-order valence-electron chi connectivity index (χ4n) is 2.33. The van der Waals surface area contributed by atoms with Crippen molar-refractivity contribution in [2.45, 2.75) is 0 Å². The Morgan fingerprint density at radius 2 is 1.50 bits per heavy atom. The Balaban J connectivity index is 2.16. The second kappa shape index (κ2) is 5.42. The van der Waals surface area contributed by atoms with Gasteiger partial charge in [-0.05, 0) is 28.0 Å². The zero-order chi connectivity index (χ0) is 13.8. The number of fused-ring (bicyclic) bond motifs is 1. The van der Waals surface area contributed by atoms with E-state index in [0.29, 0.717) is 5.57 Å². The molecule has 0 saturated carbocycles. The van der Waals surface area contributed by atoms with Gasteiger partial charge in [-0.2, -0.15) is 5.26 Å². The number of benzene rings is 3. The Morgan fingerprint density at radius 3 is 2.30 bits per heavy atom. The standard InChI is InChI=1S/C19H13N/c20-14-18(15-7-2-1-3-8-15)13-17-11-6-10-16-9-4-5-12-19(16)17/h1-13H/b18-13-. The summed E-state index contributed by atoms with van der Waals surface area (Å²) in [6.07, 6.45) is 1.96. The van der Waals surface area contributed by atoms with Crippen LogP contribution in [0.5, 0.6) is 0 Å². The van der Waals surface area contributed by atoms with Gasteiger partial charge in [0.05, 0.1) is 11.6 Å². The summed E-state index contributed by atoms with van der Waals surface area (Å²) in [6, 6.07) is 26.4. The van der Waals surface area contributed by atoms with Crippen LogP contribution < -0.4 is 0 Å². The van der Waals surface area contributed by atoms with Gasteiger partial charge in [0, 0.05) is 0 Å². The molecular weight excluding hydrogens is 242 g/mol. The molecule has 0 saturated heterocycles. The van der Waals surface area contributed by atoms with Gasteiger partial charge < -0.3 is 0 Å². The Kier molecular flexibility index (Phi) is 3.31. The average Bonchev–Trinajstić information content (AvgIpc) is 2.53. The molecule has 0 N–H and O–H groups in total. The summed E-state index contributed by atoms with van der Waals surface area (Å²) in [5.41, 5.74) is 2.70. The molecule has 0 aliphatic heterocycles. The highest BCUT2D eigenvalue weighted by molar-refractivity contribution is 5.98. The largest absolute Gasteiger partial charge is 0.192 e. The first-order chi connectivity index (χ1) is 9.88. The predicted molar refractivity (Wildman–Crippen MR) is 83.9 cm³/mol. The maximum absolute atomic E-state index is 9.39. The smallest absolute Gasteiger partial charge is 0.0998 e. The number of hydrogen-bond acceptors (Lipinski definition) is 1. The lowest BCUT2D eigenvalue weighted by Gasteiger charge is -2.03. The van der Waals surface area contributed by atoms with Gasteiger partial charge in [-0.3, -0.25) is 0 Å². The molecule has 3 aromatic rings. The third-order valence-corrected chi connectivity index (χ3v) is 3.33. The van der Waals surface area contributed by atoms with Crippen LogP contribution in [-0.2, 0) is 0 Å². The van der Waals surface area contributed by atoms with Gasteiger partial charge >= 0.3 is 0 Å². The van der Waals surface area contributed by atoms with Crippen molar-refractivity contribution in [1.82, 2.24) is 0 Å². The molecule has 0 amide bonds. The Labute approximate surface area is 118 Å². The first kappa shape index (κ1) is 12.2. The van der Waals surface area contributed by atoms with E-state index in [9.17, 15) is 5.26 Å². The van der Waals surface area contributed by atoms with E-state index in [-0.39, 0.29) is 0 Å². The molecule has 0 fully saturated rings. The normalized spacial score (nSPS) is 11.2. The molecule has 0 heterocycles. The molecule has 1 heteroatoms. The SMILES string of the molecule is N#C/C(=C/c1cccc2ccccc12)c1ccccc1. The van der Waals surface area contributed by atoms with Crippen molar-refractivity contribution in [3.8, 4) is 6.07 Å². The lowest BCUT2D eigenvalue weighted by atomic mass is 10.00. The third kappa shape index (κ3) is 2.32. The van der Waals surface area contributed by atoms with E-state index in [0.717, 1.165) is 11.1 Å². The predicted octanol–water partition coefficient (Wildman–Crippen LogP) is 4.90. The monoisotopic (exact) mass is 255 g/mol. The van der Waals surface area contributed by atoms with Crippen molar-refractivity contribution in [2.75, 3.05) is 0 Å². The van der Waals surface area contributed by atoms with Gasteiger partial charge in [-0.1, -0.05) is 72.8 Å². The van der Waals surface area contributed by atoms with Crippen molar-refractivity contribution in [3.05, 3.63) is 83.9 Å².